The quantitative estimate of drug-likeness (QED) is 0.233. The molecule has 1 atom stereocenters. The van der Waals surface area contributed by atoms with Crippen molar-refractivity contribution in [2.24, 2.45) is 0 Å². The third-order valence-corrected chi connectivity index (χ3v) is 9.04. The van der Waals surface area contributed by atoms with Crippen LogP contribution in [0.2, 0.25) is 0 Å². The van der Waals surface area contributed by atoms with Gasteiger partial charge in [-0.3, -0.25) is 0 Å². The van der Waals surface area contributed by atoms with Crippen LogP contribution in [-0.4, -0.2) is 4.75 Å². The number of hydrogen-bond acceptors (Lipinski definition) is 3. The summed E-state index contributed by atoms with van der Waals surface area (Å²) >= 11 is 5.69. The first kappa shape index (κ1) is 24.6. The highest BCUT2D eigenvalue weighted by Gasteiger charge is 2.25. The van der Waals surface area contributed by atoms with Gasteiger partial charge in [-0.15, -0.1) is 34.4 Å². The lowest BCUT2D eigenvalue weighted by atomic mass is 10.0. The fraction of sp³-hybridized carbons (Fsp3) is 0.500. The molecule has 2 aromatic heterocycles. The van der Waals surface area contributed by atoms with E-state index in [1.807, 2.05) is 23.1 Å². The Balaban J connectivity index is 1.36. The molecule has 3 rings (SSSR count). The maximum atomic E-state index is 2.40. The van der Waals surface area contributed by atoms with Crippen molar-refractivity contribution in [3.8, 4) is 0 Å². The first-order valence-electron chi connectivity index (χ1n) is 12.1. The highest BCUT2D eigenvalue weighted by Crippen LogP contribution is 2.40. The van der Waals surface area contributed by atoms with E-state index in [0.29, 0.717) is 0 Å². The molecule has 0 radical (unpaired) electrons. The molecule has 1 aliphatic heterocycles. The number of unbranched alkanes of at least 4 members (excludes halogenated alkanes) is 9. The van der Waals surface area contributed by atoms with Crippen molar-refractivity contribution < 1.29 is 0 Å². The lowest BCUT2D eigenvalue weighted by Gasteiger charge is -2.19. The number of hydrogen-bond donors (Lipinski definition) is 0. The van der Waals surface area contributed by atoms with E-state index in [1.165, 1.54) is 80.4 Å². The molecule has 3 heterocycles. The number of thioether (sulfide) groups is 1. The second kappa shape index (κ2) is 14.2. The molecule has 0 N–H and O–H groups in total. The summed E-state index contributed by atoms with van der Waals surface area (Å²) in [5.41, 5.74) is 0. The molecule has 0 aromatic carbocycles. The summed E-state index contributed by atoms with van der Waals surface area (Å²) in [5, 5.41) is 4.39. The SMILES string of the molecule is CCCCCCCCCCCCc1ccc(/C=C/C2(/C=C/c3cccs3)CC=CS2)s1. The Morgan fingerprint density at radius 1 is 0.839 bits per heavy atom. The second-order valence-corrected chi connectivity index (χ2v) is 12.0. The van der Waals surface area contributed by atoms with Gasteiger partial charge in [0.15, 0.2) is 0 Å². The van der Waals surface area contributed by atoms with Gasteiger partial charge in [0, 0.05) is 14.6 Å². The molecule has 0 saturated heterocycles. The highest BCUT2D eigenvalue weighted by atomic mass is 32.2. The summed E-state index contributed by atoms with van der Waals surface area (Å²) in [5.74, 6) is 0. The van der Waals surface area contributed by atoms with Crippen molar-refractivity contribution in [1.29, 1.82) is 0 Å². The highest BCUT2D eigenvalue weighted by molar-refractivity contribution is 8.04. The van der Waals surface area contributed by atoms with Crippen molar-refractivity contribution in [1.82, 2.24) is 0 Å². The summed E-state index contributed by atoms with van der Waals surface area (Å²) in [6, 6.07) is 8.95. The minimum Gasteiger partial charge on any atom is -0.144 e. The molecule has 2 aromatic rings. The molecule has 3 heteroatoms. The maximum absolute atomic E-state index is 2.40. The monoisotopic (exact) mass is 470 g/mol. The van der Waals surface area contributed by atoms with Crippen LogP contribution < -0.4 is 0 Å². The van der Waals surface area contributed by atoms with Crippen molar-refractivity contribution >= 4 is 46.6 Å². The van der Waals surface area contributed by atoms with E-state index in [4.69, 9.17) is 0 Å². The average molecular weight is 471 g/mol. The minimum atomic E-state index is 0.0741. The zero-order valence-corrected chi connectivity index (χ0v) is 21.5. The van der Waals surface area contributed by atoms with E-state index in [2.05, 4.69) is 72.4 Å². The van der Waals surface area contributed by atoms with Crippen LogP contribution in [0.4, 0.5) is 0 Å². The zero-order valence-electron chi connectivity index (χ0n) is 19.1. The van der Waals surface area contributed by atoms with Crippen molar-refractivity contribution in [3.63, 3.8) is 0 Å². The Hall–Kier alpha value is -1.03. The number of allylic oxidation sites excluding steroid dienone is 1. The normalized spacial score (nSPS) is 18.7. The Morgan fingerprint density at radius 2 is 1.55 bits per heavy atom. The van der Waals surface area contributed by atoms with Gasteiger partial charge < -0.3 is 0 Å². The molecule has 0 spiro atoms. The van der Waals surface area contributed by atoms with Crippen LogP contribution in [0, 0.1) is 0 Å². The molecule has 0 bridgehead atoms. The standard InChI is InChI=1S/C28H38S3/c1-2-3-4-5-6-7-8-9-10-11-14-26-16-17-27(31-26)19-22-28(20-13-24-30-28)21-18-25-15-12-23-29-25/h12-13,15-19,21-24H,2-11,14,20H2,1H3/b21-18+,22-19+. The predicted molar refractivity (Wildman–Crippen MR) is 146 cm³/mol. The maximum Gasteiger partial charge on any atom is 0.0601 e. The van der Waals surface area contributed by atoms with E-state index >= 15 is 0 Å². The van der Waals surface area contributed by atoms with Crippen LogP contribution >= 0.6 is 34.4 Å². The van der Waals surface area contributed by atoms with Gasteiger partial charge in [0.05, 0.1) is 4.75 Å². The molecular formula is C28H38S3. The molecule has 31 heavy (non-hydrogen) atoms. The van der Waals surface area contributed by atoms with Gasteiger partial charge in [-0.2, -0.15) is 0 Å². The van der Waals surface area contributed by atoms with Crippen LogP contribution in [-0.2, 0) is 6.42 Å². The molecule has 1 unspecified atom stereocenters. The molecular weight excluding hydrogens is 433 g/mol. The molecule has 1 aliphatic rings. The lowest BCUT2D eigenvalue weighted by Crippen LogP contribution is -2.13. The Labute approximate surface area is 202 Å². The van der Waals surface area contributed by atoms with E-state index in [-0.39, 0.29) is 4.75 Å². The average Bonchev–Trinajstić information content (AvgIpc) is 3.55. The van der Waals surface area contributed by atoms with Crippen LogP contribution in [0.3, 0.4) is 0 Å². The Bertz CT molecular complexity index is 799. The summed E-state index contributed by atoms with van der Waals surface area (Å²) in [6.07, 6.45) is 28.1. The molecule has 0 nitrogen and oxygen atoms in total. The number of aryl methyl sites for hydroxylation is 1. The van der Waals surface area contributed by atoms with Gasteiger partial charge in [-0.1, -0.05) is 89.0 Å². The molecule has 0 fully saturated rings. The van der Waals surface area contributed by atoms with E-state index in [9.17, 15) is 0 Å². The lowest BCUT2D eigenvalue weighted by molar-refractivity contribution is 0.557. The largest absolute Gasteiger partial charge is 0.144 e. The van der Waals surface area contributed by atoms with E-state index in [1.54, 1.807) is 16.2 Å². The van der Waals surface area contributed by atoms with Gasteiger partial charge in [-0.25, -0.2) is 0 Å². The summed E-state index contributed by atoms with van der Waals surface area (Å²) in [7, 11) is 0. The topological polar surface area (TPSA) is 0 Å². The number of rotatable bonds is 15. The Morgan fingerprint density at radius 3 is 2.19 bits per heavy atom. The van der Waals surface area contributed by atoms with Gasteiger partial charge in [0.25, 0.3) is 0 Å². The third kappa shape index (κ3) is 9.16. The summed E-state index contributed by atoms with van der Waals surface area (Å²) < 4.78 is 0.0741. The van der Waals surface area contributed by atoms with Crippen LogP contribution in [0.1, 0.15) is 92.2 Å². The first-order chi connectivity index (χ1) is 15.3. The molecule has 0 amide bonds. The van der Waals surface area contributed by atoms with Crippen molar-refractivity contribution in [3.05, 3.63) is 67.9 Å². The predicted octanol–water partition coefficient (Wildman–Crippen LogP) is 10.4. The molecule has 168 valence electrons. The minimum absolute atomic E-state index is 0.0741. The second-order valence-electron chi connectivity index (χ2n) is 8.57. The smallest absolute Gasteiger partial charge is 0.0601 e. The van der Waals surface area contributed by atoms with Crippen LogP contribution in [0.25, 0.3) is 12.2 Å². The van der Waals surface area contributed by atoms with E-state index in [0.717, 1.165) is 6.42 Å². The molecule has 0 aliphatic carbocycles. The first-order valence-corrected chi connectivity index (χ1v) is 14.7. The fourth-order valence-corrected chi connectivity index (χ4v) is 6.47. The van der Waals surface area contributed by atoms with Gasteiger partial charge in [-0.05, 0) is 60.4 Å². The Kier molecular flexibility index (Phi) is 11.3. The third-order valence-electron chi connectivity index (χ3n) is 5.88. The van der Waals surface area contributed by atoms with Gasteiger partial charge in [0.1, 0.15) is 0 Å². The van der Waals surface area contributed by atoms with Crippen LogP contribution in [0.15, 0.2) is 53.3 Å². The molecule has 0 saturated carbocycles. The number of thiophene rings is 2. The van der Waals surface area contributed by atoms with Gasteiger partial charge in [0.2, 0.25) is 0 Å². The summed E-state index contributed by atoms with van der Waals surface area (Å²) in [4.78, 5) is 4.26. The van der Waals surface area contributed by atoms with Crippen molar-refractivity contribution in [2.75, 3.05) is 0 Å². The van der Waals surface area contributed by atoms with Crippen LogP contribution in [0.5, 0.6) is 0 Å². The van der Waals surface area contributed by atoms with E-state index < -0.39 is 0 Å². The fourth-order valence-electron chi connectivity index (χ4n) is 3.96. The zero-order chi connectivity index (χ0) is 21.6. The summed E-state index contributed by atoms with van der Waals surface area (Å²) in [6.45, 7) is 2.29. The van der Waals surface area contributed by atoms with Gasteiger partial charge >= 0.3 is 0 Å². The van der Waals surface area contributed by atoms with Crippen molar-refractivity contribution in [2.45, 2.75) is 88.7 Å².